The largest absolute Gasteiger partial charge is 0.450 e. The van der Waals surface area contributed by atoms with Crippen molar-refractivity contribution in [2.24, 2.45) is 0 Å². The molecule has 3 saturated heterocycles. The molecule has 2 bridgehead atoms. The predicted octanol–water partition coefficient (Wildman–Crippen LogP) is 4.38. The lowest BCUT2D eigenvalue weighted by Gasteiger charge is -2.36. The summed E-state index contributed by atoms with van der Waals surface area (Å²) in [4.78, 5) is 14.5. The number of rotatable bonds is 4. The molecule has 1 amide bonds. The standard InChI is InChI=1S/C22H29NO4/c1-2-25-22(24)23-18-13-17(12-16-8-4-3-5-9-16)14-19(23)20(15-18)27-21-10-6-7-11-26-21/h3-5,8-9,12,18-21H,2,6-7,10-11,13-15H2,1H3. The molecule has 0 saturated carbocycles. The number of nitrogens with zero attached hydrogens (tertiary/aromatic N) is 1. The van der Waals surface area contributed by atoms with E-state index in [4.69, 9.17) is 14.2 Å². The van der Waals surface area contributed by atoms with Crippen molar-refractivity contribution >= 4 is 12.2 Å². The van der Waals surface area contributed by atoms with Crippen molar-refractivity contribution in [1.29, 1.82) is 0 Å². The maximum Gasteiger partial charge on any atom is 0.410 e. The highest BCUT2D eigenvalue weighted by Gasteiger charge is 2.49. The Morgan fingerprint density at radius 2 is 2.11 bits per heavy atom. The predicted molar refractivity (Wildman–Crippen MR) is 103 cm³/mol. The van der Waals surface area contributed by atoms with Crippen LogP contribution in [0.4, 0.5) is 4.79 Å². The summed E-state index contributed by atoms with van der Waals surface area (Å²) in [6, 6.07) is 10.6. The quantitative estimate of drug-likeness (QED) is 0.788. The van der Waals surface area contributed by atoms with Crippen LogP contribution in [0.15, 0.2) is 35.9 Å². The lowest BCUT2D eigenvalue weighted by molar-refractivity contribution is -0.191. The molecular formula is C22H29NO4. The summed E-state index contributed by atoms with van der Waals surface area (Å²) in [5.41, 5.74) is 2.59. The Labute approximate surface area is 161 Å². The van der Waals surface area contributed by atoms with Gasteiger partial charge in [-0.25, -0.2) is 4.79 Å². The van der Waals surface area contributed by atoms with Crippen LogP contribution in [0, 0.1) is 0 Å². The first-order valence-electron chi connectivity index (χ1n) is 10.2. The van der Waals surface area contributed by atoms with E-state index in [0.29, 0.717) is 6.61 Å². The first kappa shape index (κ1) is 18.5. The van der Waals surface area contributed by atoms with Crippen LogP contribution in [0.2, 0.25) is 0 Å². The van der Waals surface area contributed by atoms with Crippen LogP contribution < -0.4 is 0 Å². The van der Waals surface area contributed by atoms with Gasteiger partial charge in [-0.05, 0) is 51.0 Å². The average Bonchev–Trinajstić information content (AvgIpc) is 2.90. The Hall–Kier alpha value is -1.85. The van der Waals surface area contributed by atoms with Crippen LogP contribution in [0.1, 0.15) is 51.0 Å². The zero-order valence-electron chi connectivity index (χ0n) is 16.0. The zero-order chi connectivity index (χ0) is 18.6. The minimum absolute atomic E-state index is 0.0178. The Bertz CT molecular complexity index is 668. The normalized spacial score (nSPS) is 31.9. The van der Waals surface area contributed by atoms with Gasteiger partial charge in [-0.3, -0.25) is 4.90 Å². The smallest absolute Gasteiger partial charge is 0.410 e. The van der Waals surface area contributed by atoms with Gasteiger partial charge in [-0.15, -0.1) is 0 Å². The average molecular weight is 371 g/mol. The van der Waals surface area contributed by atoms with Crippen molar-refractivity contribution in [3.8, 4) is 0 Å². The van der Waals surface area contributed by atoms with E-state index in [1.165, 1.54) is 11.1 Å². The van der Waals surface area contributed by atoms with Gasteiger partial charge in [-0.1, -0.05) is 42.0 Å². The van der Waals surface area contributed by atoms with Crippen LogP contribution in [0.25, 0.3) is 6.08 Å². The second kappa shape index (κ2) is 8.44. The lowest BCUT2D eigenvalue weighted by Crippen LogP contribution is -2.47. The van der Waals surface area contributed by atoms with Gasteiger partial charge < -0.3 is 14.2 Å². The fraction of sp³-hybridized carbons (Fsp3) is 0.591. The van der Waals surface area contributed by atoms with Gasteiger partial charge in [0.25, 0.3) is 0 Å². The molecule has 27 heavy (non-hydrogen) atoms. The summed E-state index contributed by atoms with van der Waals surface area (Å²) in [5, 5.41) is 0. The highest BCUT2D eigenvalue weighted by molar-refractivity contribution is 5.70. The number of benzene rings is 1. The monoisotopic (exact) mass is 371 g/mol. The Morgan fingerprint density at radius 1 is 1.26 bits per heavy atom. The maximum atomic E-state index is 12.6. The van der Waals surface area contributed by atoms with Gasteiger partial charge >= 0.3 is 6.09 Å². The molecule has 1 aromatic rings. The molecular weight excluding hydrogens is 342 g/mol. The van der Waals surface area contributed by atoms with Gasteiger partial charge in [0.05, 0.1) is 18.8 Å². The summed E-state index contributed by atoms with van der Waals surface area (Å²) < 4.78 is 17.4. The SMILES string of the molecule is CCOC(=O)N1C2CC(=Cc3ccccc3)CC1C(OC1CCCCO1)C2. The number of ether oxygens (including phenoxy) is 3. The number of amides is 1. The molecule has 0 spiro atoms. The molecule has 4 rings (SSSR count). The van der Waals surface area contributed by atoms with Gasteiger partial charge in [0.2, 0.25) is 0 Å². The summed E-state index contributed by atoms with van der Waals surface area (Å²) in [5.74, 6) is 0. The second-order valence-electron chi connectivity index (χ2n) is 7.66. The van der Waals surface area contributed by atoms with Crippen molar-refractivity contribution in [1.82, 2.24) is 4.90 Å². The van der Waals surface area contributed by atoms with Crippen molar-refractivity contribution in [3.05, 3.63) is 41.5 Å². The summed E-state index contributed by atoms with van der Waals surface area (Å²) >= 11 is 0. The van der Waals surface area contributed by atoms with E-state index in [9.17, 15) is 4.79 Å². The number of hydrogen-bond donors (Lipinski definition) is 0. The lowest BCUT2D eigenvalue weighted by atomic mass is 9.95. The molecule has 0 radical (unpaired) electrons. The fourth-order valence-corrected chi connectivity index (χ4v) is 4.60. The third-order valence-corrected chi connectivity index (χ3v) is 5.77. The molecule has 1 aromatic carbocycles. The number of hydrogen-bond acceptors (Lipinski definition) is 4. The van der Waals surface area contributed by atoms with Crippen LogP contribution in [-0.2, 0) is 14.2 Å². The third-order valence-electron chi connectivity index (χ3n) is 5.77. The first-order chi connectivity index (χ1) is 13.2. The summed E-state index contributed by atoms with van der Waals surface area (Å²) in [7, 11) is 0. The third kappa shape index (κ3) is 4.19. The fourth-order valence-electron chi connectivity index (χ4n) is 4.60. The molecule has 3 heterocycles. The van der Waals surface area contributed by atoms with E-state index in [1.54, 1.807) is 0 Å². The molecule has 5 heteroatoms. The molecule has 0 aromatic heterocycles. The Kier molecular flexibility index (Phi) is 5.79. The molecule has 4 unspecified atom stereocenters. The zero-order valence-corrected chi connectivity index (χ0v) is 16.0. The van der Waals surface area contributed by atoms with E-state index >= 15 is 0 Å². The van der Waals surface area contributed by atoms with Crippen LogP contribution in [-0.4, -0.2) is 48.7 Å². The molecule has 3 aliphatic heterocycles. The number of carbonyl (C=O) groups is 1. The van der Waals surface area contributed by atoms with Gasteiger partial charge in [-0.2, -0.15) is 0 Å². The molecule has 4 atom stereocenters. The van der Waals surface area contributed by atoms with Gasteiger partial charge in [0, 0.05) is 12.6 Å². The minimum atomic E-state index is -0.207. The van der Waals surface area contributed by atoms with Crippen LogP contribution in [0.5, 0.6) is 0 Å². The highest BCUT2D eigenvalue weighted by Crippen LogP contribution is 2.41. The molecule has 3 aliphatic rings. The first-order valence-corrected chi connectivity index (χ1v) is 10.2. The van der Waals surface area contributed by atoms with Gasteiger partial charge in [0.1, 0.15) is 0 Å². The number of fused-ring (bicyclic) bond motifs is 2. The highest BCUT2D eigenvalue weighted by atomic mass is 16.7. The number of carbonyl (C=O) groups excluding carboxylic acids is 1. The van der Waals surface area contributed by atoms with Crippen LogP contribution >= 0.6 is 0 Å². The van der Waals surface area contributed by atoms with E-state index < -0.39 is 0 Å². The molecule has 5 nitrogen and oxygen atoms in total. The Morgan fingerprint density at radius 3 is 2.85 bits per heavy atom. The second-order valence-corrected chi connectivity index (χ2v) is 7.66. The molecule has 146 valence electrons. The van der Waals surface area contributed by atoms with Crippen molar-refractivity contribution in [3.63, 3.8) is 0 Å². The summed E-state index contributed by atoms with van der Waals surface area (Å²) in [6.07, 6.45) is 7.72. The van der Waals surface area contributed by atoms with E-state index in [1.807, 2.05) is 17.9 Å². The summed E-state index contributed by atoms with van der Waals surface area (Å²) in [6.45, 7) is 3.03. The van der Waals surface area contributed by atoms with E-state index in [2.05, 4.69) is 30.3 Å². The molecule has 3 fully saturated rings. The van der Waals surface area contributed by atoms with Gasteiger partial charge in [0.15, 0.2) is 6.29 Å². The van der Waals surface area contributed by atoms with Crippen molar-refractivity contribution in [2.75, 3.05) is 13.2 Å². The number of piperidine rings is 1. The van der Waals surface area contributed by atoms with Crippen molar-refractivity contribution in [2.45, 2.75) is 69.9 Å². The van der Waals surface area contributed by atoms with Crippen molar-refractivity contribution < 1.29 is 19.0 Å². The van der Waals surface area contributed by atoms with E-state index in [0.717, 1.165) is 45.1 Å². The topological polar surface area (TPSA) is 48.0 Å². The maximum absolute atomic E-state index is 12.6. The minimum Gasteiger partial charge on any atom is -0.450 e. The molecule has 0 aliphatic carbocycles. The molecule has 0 N–H and O–H groups in total. The Balaban J connectivity index is 1.51. The van der Waals surface area contributed by atoms with Crippen LogP contribution in [0.3, 0.4) is 0 Å². The van der Waals surface area contributed by atoms with E-state index in [-0.39, 0.29) is 30.6 Å².